The van der Waals surface area contributed by atoms with Gasteiger partial charge in [0.1, 0.15) is 11.7 Å². The Morgan fingerprint density at radius 1 is 1.34 bits per heavy atom. The molecule has 2 aliphatic carbocycles. The van der Waals surface area contributed by atoms with Crippen molar-refractivity contribution in [1.29, 1.82) is 0 Å². The molecule has 1 saturated heterocycles. The maximum Gasteiger partial charge on any atom is 0.324 e. The number of nitrogens with zero attached hydrogens (tertiary/aromatic N) is 2. The van der Waals surface area contributed by atoms with Gasteiger partial charge in [-0.1, -0.05) is 13.8 Å². The van der Waals surface area contributed by atoms with Crippen molar-refractivity contribution in [3.8, 4) is 5.88 Å². The minimum atomic E-state index is -0.559. The number of nitrogens with one attached hydrogen (secondary N) is 1. The summed E-state index contributed by atoms with van der Waals surface area (Å²) in [6.45, 7) is 4.62. The van der Waals surface area contributed by atoms with Gasteiger partial charge in [-0.3, -0.25) is 14.5 Å². The van der Waals surface area contributed by atoms with Crippen molar-refractivity contribution >= 4 is 17.8 Å². The van der Waals surface area contributed by atoms with Crippen molar-refractivity contribution in [2.45, 2.75) is 58.1 Å². The maximum absolute atomic E-state index is 12.8. The minimum Gasteiger partial charge on any atom is -0.474 e. The summed E-state index contributed by atoms with van der Waals surface area (Å²) >= 11 is 0. The Labute approximate surface area is 170 Å². The van der Waals surface area contributed by atoms with Gasteiger partial charge in [-0.05, 0) is 55.6 Å². The molecule has 29 heavy (non-hydrogen) atoms. The van der Waals surface area contributed by atoms with E-state index in [1.54, 1.807) is 18.3 Å². The van der Waals surface area contributed by atoms with Gasteiger partial charge in [0.25, 0.3) is 5.91 Å². The second kappa shape index (κ2) is 7.31. The van der Waals surface area contributed by atoms with Crippen LogP contribution in [0.25, 0.3) is 0 Å². The Hall–Kier alpha value is -2.64. The quantitative estimate of drug-likeness (QED) is 0.759. The van der Waals surface area contributed by atoms with E-state index in [9.17, 15) is 14.4 Å². The van der Waals surface area contributed by atoms with Crippen LogP contribution in [0.1, 0.15) is 56.3 Å². The number of primary amides is 1. The molecule has 3 aliphatic rings. The van der Waals surface area contributed by atoms with E-state index in [-0.39, 0.29) is 46.9 Å². The maximum atomic E-state index is 12.8. The van der Waals surface area contributed by atoms with E-state index in [0.29, 0.717) is 12.5 Å². The second-order valence-electron chi connectivity index (χ2n) is 9.15. The van der Waals surface area contributed by atoms with Crippen LogP contribution in [0.4, 0.5) is 4.79 Å². The number of carbonyl (C=O) groups is 3. The number of urea groups is 1. The number of rotatable bonds is 6. The lowest BCUT2D eigenvalue weighted by Crippen LogP contribution is -2.65. The molecule has 0 radical (unpaired) electrons. The van der Waals surface area contributed by atoms with Gasteiger partial charge in [0.2, 0.25) is 11.8 Å². The van der Waals surface area contributed by atoms with Crippen LogP contribution in [0.3, 0.4) is 0 Å². The Morgan fingerprint density at radius 2 is 2.07 bits per heavy atom. The lowest BCUT2D eigenvalue weighted by Gasteiger charge is -2.59. The Bertz CT molecular complexity index is 826. The normalized spacial score (nSPS) is 31.3. The van der Waals surface area contributed by atoms with Crippen molar-refractivity contribution < 1.29 is 19.1 Å². The Morgan fingerprint density at radius 3 is 2.72 bits per heavy atom. The van der Waals surface area contributed by atoms with Crippen LogP contribution in [0.15, 0.2) is 18.3 Å². The number of hydrogen-bond acceptors (Lipinski definition) is 5. The third-order valence-electron chi connectivity index (χ3n) is 6.40. The fourth-order valence-electron chi connectivity index (χ4n) is 5.05. The van der Waals surface area contributed by atoms with Gasteiger partial charge in [-0.2, -0.15) is 0 Å². The monoisotopic (exact) mass is 400 g/mol. The molecule has 1 unspecified atom stereocenters. The molecule has 1 aromatic rings. The number of pyridine rings is 1. The molecule has 2 saturated carbocycles. The zero-order valence-electron chi connectivity index (χ0n) is 16.9. The average molecular weight is 400 g/mol. The van der Waals surface area contributed by atoms with E-state index >= 15 is 0 Å². The van der Waals surface area contributed by atoms with Crippen molar-refractivity contribution in [3.63, 3.8) is 0 Å². The molecule has 1 spiro atoms. The third kappa shape index (κ3) is 3.68. The predicted octanol–water partition coefficient (Wildman–Crippen LogP) is 2.08. The number of amides is 4. The highest BCUT2D eigenvalue weighted by atomic mass is 16.5. The SMILES string of the molecule is CC(C)CC1CNC(=O)N(C2CC3(CC(Oc4ncccc4C(N)=O)C3)C2)C1=O. The first kappa shape index (κ1) is 19.7. The van der Waals surface area contributed by atoms with Crippen molar-refractivity contribution in [2.75, 3.05) is 6.54 Å². The number of aromatic nitrogens is 1. The van der Waals surface area contributed by atoms with Gasteiger partial charge in [-0.25, -0.2) is 9.78 Å². The van der Waals surface area contributed by atoms with E-state index < -0.39 is 5.91 Å². The molecule has 1 aliphatic heterocycles. The fraction of sp³-hybridized carbons (Fsp3) is 0.619. The van der Waals surface area contributed by atoms with Gasteiger partial charge in [0.05, 0.1) is 5.92 Å². The highest BCUT2D eigenvalue weighted by molar-refractivity contribution is 5.98. The summed E-state index contributed by atoms with van der Waals surface area (Å²) in [7, 11) is 0. The molecule has 3 fully saturated rings. The van der Waals surface area contributed by atoms with Crippen molar-refractivity contribution in [1.82, 2.24) is 15.2 Å². The average Bonchev–Trinajstić information content (AvgIpc) is 2.60. The number of ether oxygens (including phenoxy) is 1. The number of nitrogens with two attached hydrogens (primary N) is 1. The van der Waals surface area contributed by atoms with Gasteiger partial charge in [0.15, 0.2) is 0 Å². The molecule has 4 amide bonds. The predicted molar refractivity (Wildman–Crippen MR) is 105 cm³/mol. The summed E-state index contributed by atoms with van der Waals surface area (Å²) < 4.78 is 5.89. The van der Waals surface area contributed by atoms with E-state index in [1.165, 1.54) is 4.90 Å². The van der Waals surface area contributed by atoms with E-state index in [4.69, 9.17) is 10.5 Å². The number of hydrogen-bond donors (Lipinski definition) is 2. The lowest BCUT2D eigenvalue weighted by molar-refractivity contribution is -0.149. The Balaban J connectivity index is 1.32. The van der Waals surface area contributed by atoms with E-state index in [1.807, 2.05) is 0 Å². The first-order valence-corrected chi connectivity index (χ1v) is 10.3. The van der Waals surface area contributed by atoms with E-state index in [0.717, 1.165) is 32.1 Å². The molecule has 156 valence electrons. The molecule has 8 nitrogen and oxygen atoms in total. The lowest BCUT2D eigenvalue weighted by atomic mass is 9.52. The zero-order chi connectivity index (χ0) is 20.8. The highest BCUT2D eigenvalue weighted by Crippen LogP contribution is 2.58. The van der Waals surface area contributed by atoms with E-state index in [2.05, 4.69) is 24.1 Å². The molecule has 8 heteroatoms. The van der Waals surface area contributed by atoms with Crippen LogP contribution < -0.4 is 15.8 Å². The highest BCUT2D eigenvalue weighted by Gasteiger charge is 2.57. The molecule has 1 atom stereocenters. The molecule has 4 rings (SSSR count). The molecule has 3 N–H and O–H groups in total. The topological polar surface area (TPSA) is 115 Å². The second-order valence-corrected chi connectivity index (χ2v) is 9.15. The molecule has 2 heterocycles. The summed E-state index contributed by atoms with van der Waals surface area (Å²) in [6.07, 6.45) is 5.62. The van der Waals surface area contributed by atoms with Crippen LogP contribution in [0.5, 0.6) is 5.88 Å². The minimum absolute atomic E-state index is 0.0245. The summed E-state index contributed by atoms with van der Waals surface area (Å²) in [5.74, 6) is -0.0312. The summed E-state index contributed by atoms with van der Waals surface area (Å²) in [6, 6.07) is 2.96. The first-order valence-electron chi connectivity index (χ1n) is 10.3. The van der Waals surface area contributed by atoms with Crippen molar-refractivity contribution in [2.24, 2.45) is 23.0 Å². The number of carbonyl (C=O) groups excluding carboxylic acids is 3. The summed E-state index contributed by atoms with van der Waals surface area (Å²) in [5.41, 5.74) is 5.77. The van der Waals surface area contributed by atoms with Crippen LogP contribution >= 0.6 is 0 Å². The molecular weight excluding hydrogens is 372 g/mol. The number of imide groups is 1. The van der Waals surface area contributed by atoms with Gasteiger partial charge >= 0.3 is 6.03 Å². The standard InChI is InChI=1S/C21H28N4O4/c1-12(2)6-13-11-24-20(28)25(19(13)27)14-7-21(8-14)9-15(10-21)29-18-16(17(22)26)4-3-5-23-18/h3-5,12-15H,6-11H2,1-2H3,(H2,22,26)(H,24,28). The molecule has 0 bridgehead atoms. The van der Waals surface area contributed by atoms with Gasteiger partial charge < -0.3 is 15.8 Å². The zero-order valence-corrected chi connectivity index (χ0v) is 16.9. The summed E-state index contributed by atoms with van der Waals surface area (Å²) in [4.78, 5) is 42.2. The summed E-state index contributed by atoms with van der Waals surface area (Å²) in [5, 5.41) is 2.88. The van der Waals surface area contributed by atoms with Gasteiger partial charge in [-0.15, -0.1) is 0 Å². The van der Waals surface area contributed by atoms with Gasteiger partial charge in [0, 0.05) is 18.8 Å². The first-order chi connectivity index (χ1) is 13.8. The molecule has 0 aromatic carbocycles. The Kier molecular flexibility index (Phi) is 4.96. The molecular formula is C21H28N4O4. The van der Waals surface area contributed by atoms with Crippen molar-refractivity contribution in [3.05, 3.63) is 23.9 Å². The smallest absolute Gasteiger partial charge is 0.324 e. The van der Waals surface area contributed by atoms with Crippen LogP contribution in [0.2, 0.25) is 0 Å². The van der Waals surface area contributed by atoms with Crippen LogP contribution in [0, 0.1) is 17.3 Å². The van der Waals surface area contributed by atoms with Crippen LogP contribution in [-0.4, -0.2) is 46.4 Å². The molecule has 1 aromatic heterocycles. The largest absolute Gasteiger partial charge is 0.474 e. The van der Waals surface area contributed by atoms with Crippen LogP contribution in [-0.2, 0) is 4.79 Å². The third-order valence-corrected chi connectivity index (χ3v) is 6.40. The fourth-order valence-corrected chi connectivity index (χ4v) is 5.05.